The number of carbonyl (C=O) groups is 2. The standard InChI is InChI=1S/C27H27N5O3/c33-25(23-13-19-5-8-28-16-24(19)35-23)30-15-21-14-27(21)6-10-32(11-7-27)26(34)22-4-2-1-3-20(22)17-31-12-9-29-18-31/h1-5,8-9,12-13,16,18,21H,6-7,10-11,14-15,17H2,(H,30,33). The van der Waals surface area contributed by atoms with Crippen LogP contribution in [-0.2, 0) is 6.54 Å². The van der Waals surface area contributed by atoms with Gasteiger partial charge in [0.15, 0.2) is 11.3 Å². The molecular weight excluding hydrogens is 442 g/mol. The summed E-state index contributed by atoms with van der Waals surface area (Å²) >= 11 is 0. The largest absolute Gasteiger partial charge is 0.449 e. The molecule has 1 spiro atoms. The highest BCUT2D eigenvalue weighted by atomic mass is 16.3. The summed E-state index contributed by atoms with van der Waals surface area (Å²) in [6.07, 6.45) is 11.8. The van der Waals surface area contributed by atoms with E-state index in [4.69, 9.17) is 4.42 Å². The van der Waals surface area contributed by atoms with Crippen LogP contribution < -0.4 is 5.32 Å². The fourth-order valence-electron chi connectivity index (χ4n) is 5.40. The monoisotopic (exact) mass is 469 g/mol. The van der Waals surface area contributed by atoms with E-state index >= 15 is 0 Å². The second kappa shape index (κ2) is 8.69. The first-order chi connectivity index (χ1) is 17.1. The average Bonchev–Trinajstić information content (AvgIpc) is 3.24. The van der Waals surface area contributed by atoms with Gasteiger partial charge in [0.25, 0.3) is 11.8 Å². The molecule has 1 N–H and O–H groups in total. The predicted octanol–water partition coefficient (Wildman–Crippen LogP) is 3.74. The number of furan rings is 1. The molecule has 1 aromatic carbocycles. The van der Waals surface area contributed by atoms with Crippen LogP contribution in [0.4, 0.5) is 0 Å². The molecule has 35 heavy (non-hydrogen) atoms. The number of nitrogens with one attached hydrogen (secondary N) is 1. The molecule has 178 valence electrons. The third kappa shape index (κ3) is 4.20. The van der Waals surface area contributed by atoms with Crippen LogP contribution in [0, 0.1) is 11.3 Å². The van der Waals surface area contributed by atoms with Crippen molar-refractivity contribution in [1.82, 2.24) is 24.8 Å². The number of likely N-dealkylation sites (tertiary alicyclic amines) is 1. The van der Waals surface area contributed by atoms with Crippen molar-refractivity contribution in [3.8, 4) is 0 Å². The van der Waals surface area contributed by atoms with Crippen LogP contribution in [0.15, 0.2) is 71.9 Å². The van der Waals surface area contributed by atoms with Crippen molar-refractivity contribution < 1.29 is 14.0 Å². The molecule has 2 fully saturated rings. The summed E-state index contributed by atoms with van der Waals surface area (Å²) in [6.45, 7) is 2.76. The molecule has 1 aliphatic heterocycles. The number of imidazole rings is 1. The van der Waals surface area contributed by atoms with Crippen LogP contribution in [0.5, 0.6) is 0 Å². The zero-order valence-electron chi connectivity index (χ0n) is 19.4. The van der Waals surface area contributed by atoms with Crippen LogP contribution in [-0.4, -0.2) is 50.9 Å². The molecule has 1 aliphatic carbocycles. The minimum atomic E-state index is -0.189. The number of nitrogens with zero attached hydrogens (tertiary/aromatic N) is 4. The minimum absolute atomic E-state index is 0.0976. The van der Waals surface area contributed by atoms with E-state index in [0.717, 1.165) is 48.9 Å². The summed E-state index contributed by atoms with van der Waals surface area (Å²) < 4.78 is 7.60. The maximum Gasteiger partial charge on any atom is 0.287 e. The molecule has 8 nitrogen and oxygen atoms in total. The Labute approximate surface area is 203 Å². The van der Waals surface area contributed by atoms with Gasteiger partial charge < -0.3 is 19.2 Å². The lowest BCUT2D eigenvalue weighted by Crippen LogP contribution is -2.40. The van der Waals surface area contributed by atoms with Crippen LogP contribution >= 0.6 is 0 Å². The Morgan fingerprint density at radius 1 is 1.11 bits per heavy atom. The van der Waals surface area contributed by atoms with Crippen molar-refractivity contribution in [2.75, 3.05) is 19.6 Å². The quantitative estimate of drug-likeness (QED) is 0.464. The lowest BCUT2D eigenvalue weighted by molar-refractivity contribution is 0.0667. The van der Waals surface area contributed by atoms with Crippen molar-refractivity contribution in [1.29, 1.82) is 0 Å². The molecule has 6 rings (SSSR count). The van der Waals surface area contributed by atoms with Gasteiger partial charge in [-0.2, -0.15) is 0 Å². The lowest BCUT2D eigenvalue weighted by atomic mass is 9.90. The first-order valence-electron chi connectivity index (χ1n) is 12.1. The summed E-state index contributed by atoms with van der Waals surface area (Å²) in [6, 6.07) is 11.4. The van der Waals surface area contributed by atoms with E-state index in [1.54, 1.807) is 31.0 Å². The summed E-state index contributed by atoms with van der Waals surface area (Å²) in [5, 5.41) is 3.91. The second-order valence-corrected chi connectivity index (χ2v) is 9.68. The maximum atomic E-state index is 13.3. The van der Waals surface area contributed by atoms with Crippen molar-refractivity contribution in [3.05, 3.63) is 84.4 Å². The number of carbonyl (C=O) groups excluding carboxylic acids is 2. The third-order valence-corrected chi connectivity index (χ3v) is 7.62. The Balaban J connectivity index is 1.03. The van der Waals surface area contributed by atoms with Gasteiger partial charge in [-0.05, 0) is 54.4 Å². The molecule has 0 bridgehead atoms. The molecule has 1 saturated heterocycles. The van der Waals surface area contributed by atoms with E-state index in [9.17, 15) is 9.59 Å². The Hall–Kier alpha value is -3.94. The molecule has 2 aliphatic rings. The maximum absolute atomic E-state index is 13.3. The summed E-state index contributed by atoms with van der Waals surface area (Å²) in [4.78, 5) is 36.0. The highest BCUT2D eigenvalue weighted by molar-refractivity contribution is 5.96. The van der Waals surface area contributed by atoms with Crippen LogP contribution in [0.2, 0.25) is 0 Å². The second-order valence-electron chi connectivity index (χ2n) is 9.68. The van der Waals surface area contributed by atoms with E-state index in [-0.39, 0.29) is 17.2 Å². The van der Waals surface area contributed by atoms with Crippen molar-refractivity contribution in [2.24, 2.45) is 11.3 Å². The van der Waals surface area contributed by atoms with Crippen LogP contribution in [0.25, 0.3) is 11.0 Å². The molecule has 4 heterocycles. The molecular formula is C27H27N5O3. The number of hydrogen-bond acceptors (Lipinski definition) is 5. The van der Waals surface area contributed by atoms with Crippen molar-refractivity contribution in [3.63, 3.8) is 0 Å². The Bertz CT molecular complexity index is 1340. The molecule has 8 heteroatoms. The summed E-state index contributed by atoms with van der Waals surface area (Å²) in [5.41, 5.74) is 2.61. The van der Waals surface area contributed by atoms with Gasteiger partial charge in [0.05, 0.1) is 12.5 Å². The zero-order chi connectivity index (χ0) is 23.8. The summed E-state index contributed by atoms with van der Waals surface area (Å²) in [7, 11) is 0. The van der Waals surface area contributed by atoms with Crippen LogP contribution in [0.3, 0.4) is 0 Å². The highest BCUT2D eigenvalue weighted by Crippen LogP contribution is 2.59. The number of benzene rings is 1. The fraction of sp³-hybridized carbons (Fsp3) is 0.333. The first kappa shape index (κ1) is 21.6. The van der Waals surface area contributed by atoms with Crippen molar-refractivity contribution in [2.45, 2.75) is 25.8 Å². The molecule has 3 aromatic heterocycles. The molecule has 0 radical (unpaired) electrons. The number of fused-ring (bicyclic) bond motifs is 1. The number of aromatic nitrogens is 3. The van der Waals surface area contributed by atoms with Gasteiger partial charge in [0.2, 0.25) is 0 Å². The lowest BCUT2D eigenvalue weighted by Gasteiger charge is -2.33. The van der Waals surface area contributed by atoms with E-state index in [1.165, 1.54) is 0 Å². The van der Waals surface area contributed by atoms with Gasteiger partial charge >= 0.3 is 0 Å². The number of hydrogen-bond donors (Lipinski definition) is 1. The Kier molecular flexibility index (Phi) is 5.36. The SMILES string of the molecule is O=C(NCC1CC12CCN(C(=O)c1ccccc1Cn1ccnc1)CC2)c1cc2ccncc2o1. The van der Waals surface area contributed by atoms with E-state index in [2.05, 4.69) is 15.3 Å². The van der Waals surface area contributed by atoms with Gasteiger partial charge in [-0.3, -0.25) is 14.6 Å². The number of amides is 2. The Morgan fingerprint density at radius 2 is 1.97 bits per heavy atom. The van der Waals surface area contributed by atoms with Gasteiger partial charge in [-0.25, -0.2) is 4.98 Å². The molecule has 1 atom stereocenters. The van der Waals surface area contributed by atoms with Crippen molar-refractivity contribution >= 4 is 22.8 Å². The minimum Gasteiger partial charge on any atom is -0.449 e. The smallest absolute Gasteiger partial charge is 0.287 e. The average molecular weight is 470 g/mol. The fourth-order valence-corrected chi connectivity index (χ4v) is 5.40. The number of piperidine rings is 1. The first-order valence-corrected chi connectivity index (χ1v) is 12.1. The van der Waals surface area contributed by atoms with E-state index in [1.807, 2.05) is 46.0 Å². The van der Waals surface area contributed by atoms with E-state index in [0.29, 0.717) is 30.4 Å². The Morgan fingerprint density at radius 3 is 2.77 bits per heavy atom. The summed E-state index contributed by atoms with van der Waals surface area (Å²) in [5.74, 6) is 0.673. The van der Waals surface area contributed by atoms with E-state index < -0.39 is 0 Å². The molecule has 4 aromatic rings. The molecule has 2 amide bonds. The topological polar surface area (TPSA) is 93.3 Å². The van der Waals surface area contributed by atoms with Gasteiger partial charge in [-0.1, -0.05) is 18.2 Å². The zero-order valence-corrected chi connectivity index (χ0v) is 19.4. The number of pyridine rings is 1. The van der Waals surface area contributed by atoms with Crippen LogP contribution in [0.1, 0.15) is 45.7 Å². The number of rotatable bonds is 6. The highest BCUT2D eigenvalue weighted by Gasteiger charge is 2.54. The van der Waals surface area contributed by atoms with Gasteiger partial charge in [-0.15, -0.1) is 0 Å². The molecule has 1 unspecified atom stereocenters. The normalized spacial score (nSPS) is 18.6. The predicted molar refractivity (Wildman–Crippen MR) is 130 cm³/mol. The molecule has 1 saturated carbocycles. The third-order valence-electron chi connectivity index (χ3n) is 7.62. The van der Waals surface area contributed by atoms with Gasteiger partial charge in [0, 0.05) is 55.7 Å². The van der Waals surface area contributed by atoms with Gasteiger partial charge in [0.1, 0.15) is 0 Å².